The second-order valence-electron chi connectivity index (χ2n) is 10.5. The Kier molecular flexibility index (Phi) is 4.29. The summed E-state index contributed by atoms with van der Waals surface area (Å²) in [5.74, 6) is 3.02. The van der Waals surface area contributed by atoms with Crippen LogP contribution in [0, 0.1) is 34.5 Å². The fraction of sp³-hybridized carbons (Fsp3) is 0.833. The van der Waals surface area contributed by atoms with Crippen molar-refractivity contribution in [3.05, 3.63) is 23.4 Å². The molecule has 27 heavy (non-hydrogen) atoms. The van der Waals surface area contributed by atoms with Crippen LogP contribution in [0.5, 0.6) is 0 Å². The van der Waals surface area contributed by atoms with Crippen LogP contribution in [0.1, 0.15) is 59.3 Å². The number of allylic oxidation sites excluding steroid dienone is 3. The van der Waals surface area contributed by atoms with Gasteiger partial charge in [-0.25, -0.2) is 0 Å². The van der Waals surface area contributed by atoms with Gasteiger partial charge in [0, 0.05) is 24.2 Å². The van der Waals surface area contributed by atoms with Crippen LogP contribution in [0.4, 0.5) is 0 Å². The maximum Gasteiger partial charge on any atom is 0.0642 e. The average Bonchev–Trinajstić information content (AvgIpc) is 3.01. The summed E-state index contributed by atoms with van der Waals surface area (Å²) in [5.41, 5.74) is 3.90. The summed E-state index contributed by atoms with van der Waals surface area (Å²) >= 11 is 0. The van der Waals surface area contributed by atoms with E-state index in [0.29, 0.717) is 16.7 Å². The van der Waals surface area contributed by atoms with Gasteiger partial charge in [0.05, 0.1) is 19.3 Å². The summed E-state index contributed by atoms with van der Waals surface area (Å²) in [6.07, 6.45) is 12.1. The molecule has 2 unspecified atom stereocenters. The third-order valence-electron chi connectivity index (χ3n) is 9.30. The molecule has 3 nitrogen and oxygen atoms in total. The predicted octanol–water partition coefficient (Wildman–Crippen LogP) is 4.38. The molecular formula is C24H37NO2. The number of fused-ring (bicyclic) bond motifs is 5. The fourth-order valence-corrected chi connectivity index (χ4v) is 7.84. The van der Waals surface area contributed by atoms with E-state index in [9.17, 15) is 5.11 Å². The highest BCUT2D eigenvalue weighted by molar-refractivity contribution is 5.31. The van der Waals surface area contributed by atoms with Crippen LogP contribution in [0.3, 0.4) is 0 Å². The smallest absolute Gasteiger partial charge is 0.0642 e. The van der Waals surface area contributed by atoms with E-state index in [0.717, 1.165) is 56.9 Å². The van der Waals surface area contributed by atoms with Gasteiger partial charge in [0.15, 0.2) is 0 Å². The van der Waals surface area contributed by atoms with Gasteiger partial charge in [0.25, 0.3) is 0 Å². The molecule has 3 heteroatoms. The zero-order valence-corrected chi connectivity index (χ0v) is 17.4. The Morgan fingerprint density at radius 2 is 1.81 bits per heavy atom. The average molecular weight is 372 g/mol. The Bertz CT molecular complexity index is 663. The highest BCUT2D eigenvalue weighted by Crippen LogP contribution is 2.66. The molecule has 0 bridgehead atoms. The topological polar surface area (TPSA) is 32.7 Å². The maximum absolute atomic E-state index is 10.3. The van der Waals surface area contributed by atoms with E-state index in [1.165, 1.54) is 25.7 Å². The number of hydrogen-bond acceptors (Lipinski definition) is 3. The first-order valence-electron chi connectivity index (χ1n) is 11.4. The van der Waals surface area contributed by atoms with Crippen molar-refractivity contribution in [2.24, 2.45) is 34.5 Å². The second-order valence-corrected chi connectivity index (χ2v) is 10.5. The maximum atomic E-state index is 10.3. The van der Waals surface area contributed by atoms with Crippen molar-refractivity contribution >= 4 is 0 Å². The van der Waals surface area contributed by atoms with Gasteiger partial charge >= 0.3 is 0 Å². The lowest BCUT2D eigenvalue weighted by molar-refractivity contribution is -0.0579. The molecule has 4 aliphatic carbocycles. The number of nitrogens with zero attached hydrogens (tertiary/aromatic N) is 1. The molecule has 7 atom stereocenters. The standard InChI is InChI=1S/C24H37NO2/c1-16-14-17-15-18(26)6-8-23(17,2)20-7-9-24(3)19(22(16)20)4-5-21(24)25-10-12-27-13-11-25/h5,14,16,18-20,22,26H,4,6-13,15H2,1-3H3/t16?,18?,19-,20+,22-,23-,24-/m0/s1. The van der Waals surface area contributed by atoms with Crippen molar-refractivity contribution in [3.8, 4) is 0 Å². The van der Waals surface area contributed by atoms with Crippen molar-refractivity contribution in [3.63, 3.8) is 0 Å². The quantitative estimate of drug-likeness (QED) is 0.694. The van der Waals surface area contributed by atoms with E-state index in [1.54, 1.807) is 11.3 Å². The molecule has 2 saturated carbocycles. The van der Waals surface area contributed by atoms with Crippen molar-refractivity contribution in [1.82, 2.24) is 4.90 Å². The van der Waals surface area contributed by atoms with Crippen LogP contribution in [0.25, 0.3) is 0 Å². The summed E-state index contributed by atoms with van der Waals surface area (Å²) < 4.78 is 5.62. The van der Waals surface area contributed by atoms with Gasteiger partial charge in [-0.3, -0.25) is 0 Å². The van der Waals surface area contributed by atoms with Gasteiger partial charge in [-0.2, -0.15) is 0 Å². The third-order valence-corrected chi connectivity index (χ3v) is 9.30. The van der Waals surface area contributed by atoms with E-state index in [4.69, 9.17) is 4.74 Å². The van der Waals surface area contributed by atoms with E-state index in [-0.39, 0.29) is 6.10 Å². The molecule has 150 valence electrons. The Hall–Kier alpha value is -0.800. The Morgan fingerprint density at radius 1 is 1.07 bits per heavy atom. The van der Waals surface area contributed by atoms with Gasteiger partial charge in [-0.1, -0.05) is 38.5 Å². The normalized spacial score (nSPS) is 49.6. The largest absolute Gasteiger partial charge is 0.393 e. The van der Waals surface area contributed by atoms with Crippen LogP contribution in [0.15, 0.2) is 23.4 Å². The number of aliphatic hydroxyl groups excluding tert-OH is 1. The second kappa shape index (κ2) is 6.35. The zero-order chi connectivity index (χ0) is 18.8. The molecule has 5 rings (SSSR count). The van der Waals surface area contributed by atoms with Gasteiger partial charge in [-0.15, -0.1) is 0 Å². The van der Waals surface area contributed by atoms with E-state index >= 15 is 0 Å². The Labute approximate surface area is 164 Å². The van der Waals surface area contributed by atoms with Crippen molar-refractivity contribution < 1.29 is 9.84 Å². The number of hydrogen-bond donors (Lipinski definition) is 1. The molecule has 1 heterocycles. The lowest BCUT2D eigenvalue weighted by Gasteiger charge is -2.60. The molecule has 0 amide bonds. The van der Waals surface area contributed by atoms with Crippen LogP contribution in [-0.2, 0) is 4.74 Å². The molecule has 1 N–H and O–H groups in total. The first-order chi connectivity index (χ1) is 12.9. The molecular weight excluding hydrogens is 334 g/mol. The Morgan fingerprint density at radius 3 is 2.59 bits per heavy atom. The van der Waals surface area contributed by atoms with E-state index in [2.05, 4.69) is 37.8 Å². The first-order valence-corrected chi connectivity index (χ1v) is 11.4. The summed E-state index contributed by atoms with van der Waals surface area (Å²) in [7, 11) is 0. The summed E-state index contributed by atoms with van der Waals surface area (Å²) in [4.78, 5) is 2.64. The number of rotatable bonds is 1. The molecule has 1 aliphatic heterocycles. The number of aliphatic hydroxyl groups is 1. The van der Waals surface area contributed by atoms with E-state index in [1.807, 2.05) is 0 Å². The predicted molar refractivity (Wildman–Crippen MR) is 108 cm³/mol. The summed E-state index contributed by atoms with van der Waals surface area (Å²) in [6, 6.07) is 0. The highest BCUT2D eigenvalue weighted by atomic mass is 16.5. The Balaban J connectivity index is 1.46. The summed E-state index contributed by atoms with van der Waals surface area (Å²) in [5, 5.41) is 10.3. The van der Waals surface area contributed by atoms with Crippen LogP contribution >= 0.6 is 0 Å². The molecule has 0 radical (unpaired) electrons. The monoisotopic (exact) mass is 371 g/mol. The fourth-order valence-electron chi connectivity index (χ4n) is 7.84. The lowest BCUT2D eigenvalue weighted by Crippen LogP contribution is -2.53. The van der Waals surface area contributed by atoms with Crippen LogP contribution in [0.2, 0.25) is 0 Å². The van der Waals surface area contributed by atoms with E-state index < -0.39 is 0 Å². The van der Waals surface area contributed by atoms with Crippen LogP contribution < -0.4 is 0 Å². The number of morpholine rings is 1. The van der Waals surface area contributed by atoms with Crippen molar-refractivity contribution in [1.29, 1.82) is 0 Å². The SMILES string of the molecule is CC1C=C2CC(O)CC[C@]2(C)[C@@H]2CC[C@]3(C)C(N4CCOCC4)=CC[C@H]3[C@H]12. The number of ether oxygens (including phenoxy) is 1. The van der Waals surface area contributed by atoms with Crippen LogP contribution in [-0.4, -0.2) is 42.4 Å². The minimum absolute atomic E-state index is 0.108. The molecule has 0 aromatic rings. The molecule has 1 saturated heterocycles. The van der Waals surface area contributed by atoms with Gasteiger partial charge in [-0.05, 0) is 67.6 Å². The van der Waals surface area contributed by atoms with Gasteiger partial charge in [0.2, 0.25) is 0 Å². The molecule has 0 aromatic heterocycles. The lowest BCUT2D eigenvalue weighted by atomic mass is 9.46. The van der Waals surface area contributed by atoms with Gasteiger partial charge in [0.1, 0.15) is 0 Å². The molecule has 0 aromatic carbocycles. The molecule has 3 fully saturated rings. The minimum Gasteiger partial charge on any atom is -0.393 e. The molecule has 0 spiro atoms. The highest BCUT2D eigenvalue weighted by Gasteiger charge is 2.58. The van der Waals surface area contributed by atoms with Crippen molar-refractivity contribution in [2.75, 3.05) is 26.3 Å². The molecule has 5 aliphatic rings. The minimum atomic E-state index is -0.108. The third kappa shape index (κ3) is 2.60. The van der Waals surface area contributed by atoms with Gasteiger partial charge < -0.3 is 14.7 Å². The first kappa shape index (κ1) is 18.2. The van der Waals surface area contributed by atoms with Crippen molar-refractivity contribution in [2.45, 2.75) is 65.4 Å². The summed E-state index contributed by atoms with van der Waals surface area (Å²) in [6.45, 7) is 11.5. The zero-order valence-electron chi connectivity index (χ0n) is 17.4.